The molecule has 1 unspecified atom stereocenters. The zero-order valence-corrected chi connectivity index (χ0v) is 14.5. The van der Waals surface area contributed by atoms with E-state index in [1.165, 1.54) is 0 Å². The van der Waals surface area contributed by atoms with Gasteiger partial charge in [0, 0.05) is 5.16 Å². The van der Waals surface area contributed by atoms with Gasteiger partial charge in [0.25, 0.3) is 0 Å². The molecule has 0 heterocycles. The van der Waals surface area contributed by atoms with Gasteiger partial charge in [-0.15, -0.1) is 9.24 Å². The van der Waals surface area contributed by atoms with Crippen molar-refractivity contribution in [2.24, 2.45) is 10.8 Å². The van der Waals surface area contributed by atoms with Crippen LogP contribution in [-0.4, -0.2) is 29.7 Å². The van der Waals surface area contributed by atoms with Gasteiger partial charge in [0.05, 0.1) is 5.54 Å². The van der Waals surface area contributed by atoms with Crippen molar-refractivity contribution in [2.45, 2.75) is 52.2 Å². The molecule has 0 fully saturated rings. The largest absolute Gasteiger partial charge is 0.297 e. The summed E-state index contributed by atoms with van der Waals surface area (Å²) in [4.78, 5) is 2.31. The topological polar surface area (TPSA) is 3.24 Å². The summed E-state index contributed by atoms with van der Waals surface area (Å²) >= 11 is 0. The first-order valence-electron chi connectivity index (χ1n) is 6.73. The van der Waals surface area contributed by atoms with Crippen LogP contribution in [0.3, 0.4) is 0 Å². The lowest BCUT2D eigenvalue weighted by Gasteiger charge is -2.50. The molecule has 2 heteroatoms. The molecule has 0 saturated heterocycles. The quantitative estimate of drug-likeness (QED) is 0.510. The minimum Gasteiger partial charge on any atom is -0.297 e. The van der Waals surface area contributed by atoms with Crippen molar-refractivity contribution >= 4 is 9.24 Å². The van der Waals surface area contributed by atoms with Crippen molar-refractivity contribution in [2.75, 3.05) is 14.1 Å². The molecule has 0 spiro atoms. The van der Waals surface area contributed by atoms with E-state index in [0.717, 1.165) is 0 Å². The molecular formula is C16H30NP. The van der Waals surface area contributed by atoms with Gasteiger partial charge in [-0.3, -0.25) is 4.90 Å². The van der Waals surface area contributed by atoms with E-state index in [4.69, 9.17) is 0 Å². The highest BCUT2D eigenvalue weighted by Gasteiger charge is 2.44. The minimum atomic E-state index is -0.00167. The van der Waals surface area contributed by atoms with E-state index in [2.05, 4.69) is 94.1 Å². The van der Waals surface area contributed by atoms with E-state index in [0.29, 0.717) is 0 Å². The van der Waals surface area contributed by atoms with Gasteiger partial charge in [0.2, 0.25) is 0 Å². The Morgan fingerprint density at radius 2 is 1.17 bits per heavy atom. The van der Waals surface area contributed by atoms with Crippen LogP contribution in [-0.2, 0) is 0 Å². The van der Waals surface area contributed by atoms with Gasteiger partial charge >= 0.3 is 0 Å². The molecule has 0 N–H and O–H groups in total. The van der Waals surface area contributed by atoms with Crippen LogP contribution in [0.1, 0.15) is 41.5 Å². The second kappa shape index (κ2) is 4.46. The number of allylic oxidation sites excluding steroid dienone is 2. The molecule has 0 bridgehead atoms. The summed E-state index contributed by atoms with van der Waals surface area (Å²) in [7, 11) is 7.34. The van der Waals surface area contributed by atoms with Gasteiger partial charge in [-0.1, -0.05) is 65.8 Å². The highest BCUT2D eigenvalue weighted by Crippen LogP contribution is 2.47. The predicted octanol–water partition coefficient (Wildman–Crippen LogP) is 4.12. The van der Waals surface area contributed by atoms with Crippen LogP contribution in [0, 0.1) is 10.8 Å². The Hall–Kier alpha value is -0.130. The van der Waals surface area contributed by atoms with Crippen molar-refractivity contribution < 1.29 is 0 Å². The molecule has 0 radical (unpaired) electrons. The maximum Gasteiger partial charge on any atom is 0.0620 e. The molecule has 0 amide bonds. The number of hydrogen-bond acceptors (Lipinski definition) is 1. The molecule has 0 aromatic carbocycles. The average molecular weight is 267 g/mol. The Labute approximate surface area is 116 Å². The lowest BCUT2D eigenvalue weighted by Crippen LogP contribution is -2.53. The Morgan fingerprint density at radius 1 is 0.778 bits per heavy atom. The summed E-state index contributed by atoms with van der Waals surface area (Å²) in [6.07, 6.45) is 9.49. The Kier molecular flexibility index (Phi) is 3.94. The van der Waals surface area contributed by atoms with Crippen molar-refractivity contribution in [3.05, 3.63) is 24.3 Å². The molecule has 1 nitrogen and oxygen atoms in total. The highest BCUT2D eigenvalue weighted by molar-refractivity contribution is 7.19. The highest BCUT2D eigenvalue weighted by atomic mass is 31.0. The van der Waals surface area contributed by atoms with E-state index >= 15 is 0 Å². The van der Waals surface area contributed by atoms with Crippen molar-refractivity contribution in [1.29, 1.82) is 0 Å². The Balaban J connectivity index is 3.23. The third-order valence-corrected chi connectivity index (χ3v) is 5.72. The van der Waals surface area contributed by atoms with Crippen molar-refractivity contribution in [3.63, 3.8) is 0 Å². The van der Waals surface area contributed by atoms with Crippen LogP contribution in [0.15, 0.2) is 24.3 Å². The normalized spacial score (nSPS) is 33.2. The standard InChI is InChI=1S/C16H30NP/c1-13(2,3)15(17(7)8)9-11-16(18,12-10-15)14(4,5)6/h9-12H,18H2,1-8H3. The first-order valence-corrected chi connectivity index (χ1v) is 7.31. The van der Waals surface area contributed by atoms with Crippen LogP contribution in [0.2, 0.25) is 0 Å². The van der Waals surface area contributed by atoms with Gasteiger partial charge in [0.15, 0.2) is 0 Å². The molecule has 18 heavy (non-hydrogen) atoms. The fourth-order valence-corrected chi connectivity index (χ4v) is 2.80. The SMILES string of the molecule is CN(C)C1(C(C)(C)C)C=CC(P)(C(C)(C)C)C=C1. The summed E-state index contributed by atoms with van der Waals surface area (Å²) in [6, 6.07) is 0. The molecule has 0 saturated carbocycles. The summed E-state index contributed by atoms with van der Waals surface area (Å²) in [5.41, 5.74) is 0.382. The lowest BCUT2D eigenvalue weighted by molar-refractivity contribution is 0.118. The number of rotatable bonds is 1. The fraction of sp³-hybridized carbons (Fsp3) is 0.750. The average Bonchev–Trinajstić information content (AvgIpc) is 2.14. The van der Waals surface area contributed by atoms with Crippen LogP contribution in [0.5, 0.6) is 0 Å². The zero-order valence-electron chi connectivity index (χ0n) is 13.3. The van der Waals surface area contributed by atoms with Gasteiger partial charge in [-0.25, -0.2) is 0 Å². The zero-order chi connectivity index (χ0) is 14.4. The third-order valence-electron chi connectivity index (χ3n) is 4.47. The van der Waals surface area contributed by atoms with Gasteiger partial charge in [0.1, 0.15) is 0 Å². The molecule has 0 aromatic rings. The summed E-state index contributed by atoms with van der Waals surface area (Å²) in [5.74, 6) is 0. The maximum absolute atomic E-state index is 3.02. The van der Waals surface area contributed by atoms with Crippen molar-refractivity contribution in [1.82, 2.24) is 4.90 Å². The summed E-state index contributed by atoms with van der Waals surface area (Å²) in [6.45, 7) is 13.8. The van der Waals surface area contributed by atoms with E-state index < -0.39 is 0 Å². The van der Waals surface area contributed by atoms with Crippen LogP contribution >= 0.6 is 9.24 Å². The molecular weight excluding hydrogens is 237 g/mol. The van der Waals surface area contributed by atoms with E-state index in [-0.39, 0.29) is 21.5 Å². The third kappa shape index (κ3) is 2.45. The van der Waals surface area contributed by atoms with E-state index in [9.17, 15) is 0 Å². The first kappa shape index (κ1) is 15.9. The molecule has 104 valence electrons. The fourth-order valence-electron chi connectivity index (χ4n) is 2.61. The molecule has 1 aliphatic carbocycles. The molecule has 0 aromatic heterocycles. The smallest absolute Gasteiger partial charge is 0.0620 e. The van der Waals surface area contributed by atoms with Crippen LogP contribution in [0.4, 0.5) is 0 Å². The second-order valence-corrected chi connectivity index (χ2v) is 8.77. The van der Waals surface area contributed by atoms with Gasteiger partial charge in [-0.2, -0.15) is 0 Å². The van der Waals surface area contributed by atoms with Crippen molar-refractivity contribution in [3.8, 4) is 0 Å². The minimum absolute atomic E-state index is 0.00167. The monoisotopic (exact) mass is 267 g/mol. The van der Waals surface area contributed by atoms with Crippen LogP contribution in [0.25, 0.3) is 0 Å². The van der Waals surface area contributed by atoms with E-state index in [1.54, 1.807) is 0 Å². The number of nitrogens with zero attached hydrogens (tertiary/aromatic N) is 1. The molecule has 1 aliphatic rings. The number of likely N-dealkylation sites (N-methyl/N-ethyl adjacent to an activating group) is 1. The molecule has 1 atom stereocenters. The Morgan fingerprint density at radius 3 is 1.39 bits per heavy atom. The number of hydrogen-bond donors (Lipinski definition) is 0. The summed E-state index contributed by atoms with van der Waals surface area (Å²) < 4.78 is 0. The lowest BCUT2D eigenvalue weighted by atomic mass is 9.67. The Bertz CT molecular complexity index is 350. The van der Waals surface area contributed by atoms with Gasteiger partial charge in [-0.05, 0) is 24.9 Å². The molecule has 0 aliphatic heterocycles. The maximum atomic E-state index is 3.02. The van der Waals surface area contributed by atoms with E-state index in [1.807, 2.05) is 0 Å². The van der Waals surface area contributed by atoms with Gasteiger partial charge < -0.3 is 0 Å². The van der Waals surface area contributed by atoms with Crippen LogP contribution < -0.4 is 0 Å². The first-order chi connectivity index (χ1) is 7.86. The predicted molar refractivity (Wildman–Crippen MR) is 86.0 cm³/mol. The molecule has 1 rings (SSSR count). The summed E-state index contributed by atoms with van der Waals surface area (Å²) in [5, 5.41) is 0.0533. The second-order valence-electron chi connectivity index (χ2n) is 7.82.